The summed E-state index contributed by atoms with van der Waals surface area (Å²) in [4.78, 5) is 32.0. The van der Waals surface area contributed by atoms with Crippen LogP contribution >= 0.6 is 0 Å². The number of hydrogen-bond acceptors (Lipinski definition) is 6. The summed E-state index contributed by atoms with van der Waals surface area (Å²) in [5.41, 5.74) is 3.50. The van der Waals surface area contributed by atoms with E-state index >= 15 is 0 Å². The molecule has 8 heteroatoms. The van der Waals surface area contributed by atoms with Gasteiger partial charge in [0.05, 0.1) is 11.9 Å². The smallest absolute Gasteiger partial charge is 0.245 e. The Hall–Kier alpha value is -2.64. The number of hydrogen-bond donors (Lipinski definition) is 1. The van der Waals surface area contributed by atoms with E-state index in [0.717, 1.165) is 82.0 Å². The van der Waals surface area contributed by atoms with E-state index in [9.17, 15) is 4.79 Å². The molecule has 4 heterocycles. The van der Waals surface area contributed by atoms with Crippen molar-refractivity contribution in [1.82, 2.24) is 24.4 Å². The summed E-state index contributed by atoms with van der Waals surface area (Å²) in [7, 11) is 2.04. The Morgan fingerprint density at radius 3 is 2.62 bits per heavy atom. The molecule has 2 aliphatic heterocycles. The van der Waals surface area contributed by atoms with Crippen molar-refractivity contribution in [3.8, 4) is 0 Å². The summed E-state index contributed by atoms with van der Waals surface area (Å²) < 4.78 is 2.10. The summed E-state index contributed by atoms with van der Waals surface area (Å²) >= 11 is 0. The maximum atomic E-state index is 13.3. The van der Waals surface area contributed by atoms with Gasteiger partial charge in [0.1, 0.15) is 11.9 Å². The fourth-order valence-corrected chi connectivity index (χ4v) is 5.42. The van der Waals surface area contributed by atoms with E-state index in [4.69, 9.17) is 9.97 Å². The molecule has 1 atom stereocenters. The van der Waals surface area contributed by atoms with Gasteiger partial charge in [-0.3, -0.25) is 4.79 Å². The molecule has 5 rings (SSSR count). The van der Waals surface area contributed by atoms with E-state index in [1.165, 1.54) is 17.7 Å². The number of rotatable bonds is 5. The van der Waals surface area contributed by atoms with E-state index in [1.807, 2.05) is 13.2 Å². The molecule has 1 aliphatic carbocycles. The zero-order valence-corrected chi connectivity index (χ0v) is 19.6. The van der Waals surface area contributed by atoms with Gasteiger partial charge in [-0.05, 0) is 57.3 Å². The van der Waals surface area contributed by atoms with Crippen LogP contribution in [0.2, 0.25) is 0 Å². The number of nitrogens with one attached hydrogen (secondary N) is 1. The quantitative estimate of drug-likeness (QED) is 0.771. The zero-order valence-electron chi connectivity index (χ0n) is 19.6. The Bertz CT molecular complexity index is 992. The highest BCUT2D eigenvalue weighted by Crippen LogP contribution is 2.33. The van der Waals surface area contributed by atoms with Gasteiger partial charge in [-0.1, -0.05) is 13.8 Å². The van der Waals surface area contributed by atoms with Gasteiger partial charge in [-0.2, -0.15) is 4.98 Å². The van der Waals surface area contributed by atoms with Crippen molar-refractivity contribution in [2.45, 2.75) is 77.2 Å². The van der Waals surface area contributed by atoms with Gasteiger partial charge in [-0.15, -0.1) is 0 Å². The van der Waals surface area contributed by atoms with Crippen LogP contribution in [0, 0.1) is 0 Å². The fourth-order valence-electron chi connectivity index (χ4n) is 5.42. The van der Waals surface area contributed by atoms with Crippen LogP contribution in [0.1, 0.15) is 75.2 Å². The number of piperidine rings is 1. The summed E-state index contributed by atoms with van der Waals surface area (Å²) in [5.74, 6) is 3.00. The monoisotopic (exact) mass is 437 g/mol. The normalized spacial score (nSPS) is 20.8. The molecule has 2 aromatic rings. The minimum Gasteiger partial charge on any atom is -0.341 e. The van der Waals surface area contributed by atoms with Gasteiger partial charge >= 0.3 is 0 Å². The number of carbonyl (C=O) groups excluding carboxylic acids is 1. The number of imidazole rings is 1. The predicted octanol–water partition coefficient (Wildman–Crippen LogP) is 3.55. The average molecular weight is 438 g/mol. The molecule has 2 fully saturated rings. The van der Waals surface area contributed by atoms with E-state index in [0.29, 0.717) is 11.9 Å². The van der Waals surface area contributed by atoms with Crippen molar-refractivity contribution in [1.29, 1.82) is 0 Å². The summed E-state index contributed by atoms with van der Waals surface area (Å²) in [6, 6.07) is -0.138. The lowest BCUT2D eigenvalue weighted by Crippen LogP contribution is -2.48. The molecular weight excluding hydrogens is 402 g/mol. The van der Waals surface area contributed by atoms with Crippen LogP contribution in [0.25, 0.3) is 0 Å². The average Bonchev–Trinajstić information content (AvgIpc) is 3.54. The van der Waals surface area contributed by atoms with Crippen molar-refractivity contribution < 1.29 is 4.79 Å². The molecular formula is C24H35N7O. The number of anilines is 3. The molecule has 0 aromatic carbocycles. The fraction of sp³-hybridized carbons (Fsp3) is 0.667. The van der Waals surface area contributed by atoms with Crippen LogP contribution in [0.15, 0.2) is 6.20 Å². The lowest BCUT2D eigenvalue weighted by atomic mass is 10.1. The van der Waals surface area contributed by atoms with Crippen molar-refractivity contribution in [3.63, 3.8) is 0 Å². The zero-order chi connectivity index (χ0) is 22.2. The topological polar surface area (TPSA) is 79.2 Å². The Balaban J connectivity index is 1.44. The van der Waals surface area contributed by atoms with Gasteiger partial charge in [0, 0.05) is 37.9 Å². The first-order valence-electron chi connectivity index (χ1n) is 12.3. The van der Waals surface area contributed by atoms with Gasteiger partial charge in [0.2, 0.25) is 17.8 Å². The summed E-state index contributed by atoms with van der Waals surface area (Å²) in [6.07, 6.45) is 10.3. The lowest BCUT2D eigenvalue weighted by molar-refractivity contribution is -0.133. The number of carbonyl (C=O) groups is 1. The highest BCUT2D eigenvalue weighted by molar-refractivity contribution is 5.85. The van der Waals surface area contributed by atoms with Crippen molar-refractivity contribution in [2.75, 3.05) is 29.9 Å². The molecule has 1 amide bonds. The molecule has 0 radical (unpaired) electrons. The minimum absolute atomic E-state index is 0.138. The highest BCUT2D eigenvalue weighted by Gasteiger charge is 2.36. The molecule has 0 bridgehead atoms. The number of amides is 1. The Kier molecular flexibility index (Phi) is 5.78. The molecule has 0 saturated carbocycles. The second kappa shape index (κ2) is 8.71. The van der Waals surface area contributed by atoms with Crippen molar-refractivity contribution >= 4 is 23.6 Å². The first kappa shape index (κ1) is 21.2. The largest absolute Gasteiger partial charge is 0.341 e. The third kappa shape index (κ3) is 3.84. The minimum atomic E-state index is -0.138. The van der Waals surface area contributed by atoms with E-state index in [-0.39, 0.29) is 11.9 Å². The van der Waals surface area contributed by atoms with Gasteiger partial charge in [0.25, 0.3) is 0 Å². The van der Waals surface area contributed by atoms with Crippen LogP contribution in [0.4, 0.5) is 17.7 Å². The highest BCUT2D eigenvalue weighted by atomic mass is 16.2. The number of aromatic nitrogens is 4. The van der Waals surface area contributed by atoms with Crippen molar-refractivity contribution in [3.05, 3.63) is 23.1 Å². The molecule has 3 aliphatic rings. The molecule has 2 aromatic heterocycles. The van der Waals surface area contributed by atoms with Crippen LogP contribution < -0.4 is 10.2 Å². The number of aryl methyl sites for hydroxylation is 1. The standard InChI is InChI=1S/C24H35N7O/c1-16(2)20-15-25-23(29(20)3)27-21-17-9-7-10-18(17)26-24(28-21)31-14-8-11-19(31)22(32)30-12-5-4-6-13-30/h15-16,19H,4-14H2,1-3H3,(H,25,26,27,28). The SMILES string of the molecule is CC(C)c1cnc(Nc2nc(N3CCCC3C(=O)N3CCCCC3)nc3c2CCC3)n1C. The Morgan fingerprint density at radius 2 is 1.88 bits per heavy atom. The summed E-state index contributed by atoms with van der Waals surface area (Å²) in [5, 5.41) is 3.50. The maximum Gasteiger partial charge on any atom is 0.245 e. The summed E-state index contributed by atoms with van der Waals surface area (Å²) in [6.45, 7) is 6.96. The van der Waals surface area contributed by atoms with E-state index in [2.05, 4.69) is 38.5 Å². The van der Waals surface area contributed by atoms with Crippen molar-refractivity contribution in [2.24, 2.45) is 7.05 Å². The molecule has 1 unspecified atom stereocenters. The number of likely N-dealkylation sites (tertiary alicyclic amines) is 1. The molecule has 1 N–H and O–H groups in total. The molecule has 8 nitrogen and oxygen atoms in total. The second-order valence-electron chi connectivity index (χ2n) is 9.73. The maximum absolute atomic E-state index is 13.3. The van der Waals surface area contributed by atoms with E-state index < -0.39 is 0 Å². The van der Waals surface area contributed by atoms with Crippen LogP contribution in [-0.4, -0.2) is 56.0 Å². The van der Waals surface area contributed by atoms with Gasteiger partial charge in [-0.25, -0.2) is 9.97 Å². The molecule has 2 saturated heterocycles. The number of nitrogens with zero attached hydrogens (tertiary/aromatic N) is 6. The Morgan fingerprint density at radius 1 is 1.06 bits per heavy atom. The van der Waals surface area contributed by atoms with Crippen LogP contribution in [-0.2, 0) is 24.7 Å². The molecule has 32 heavy (non-hydrogen) atoms. The van der Waals surface area contributed by atoms with Crippen LogP contribution in [0.5, 0.6) is 0 Å². The first-order chi connectivity index (χ1) is 15.5. The first-order valence-corrected chi connectivity index (χ1v) is 12.3. The molecule has 0 spiro atoms. The van der Waals surface area contributed by atoms with Crippen LogP contribution in [0.3, 0.4) is 0 Å². The third-order valence-electron chi connectivity index (χ3n) is 7.23. The number of fused-ring (bicyclic) bond motifs is 1. The Labute approximate surface area is 190 Å². The lowest BCUT2D eigenvalue weighted by Gasteiger charge is -2.32. The predicted molar refractivity (Wildman–Crippen MR) is 125 cm³/mol. The third-order valence-corrected chi connectivity index (χ3v) is 7.23. The van der Waals surface area contributed by atoms with E-state index in [1.54, 1.807) is 0 Å². The van der Waals surface area contributed by atoms with Gasteiger partial charge < -0.3 is 19.7 Å². The molecule has 172 valence electrons. The van der Waals surface area contributed by atoms with Gasteiger partial charge in [0.15, 0.2) is 0 Å². The second-order valence-corrected chi connectivity index (χ2v) is 9.73.